The van der Waals surface area contributed by atoms with E-state index in [2.05, 4.69) is 26.0 Å². The van der Waals surface area contributed by atoms with Crippen molar-refractivity contribution in [3.05, 3.63) is 63.7 Å². The summed E-state index contributed by atoms with van der Waals surface area (Å²) in [4.78, 5) is 11.6. The highest BCUT2D eigenvalue weighted by molar-refractivity contribution is 6.31. The first-order valence-corrected chi connectivity index (χ1v) is 6.85. The van der Waals surface area contributed by atoms with Gasteiger partial charge in [-0.2, -0.15) is 0 Å². The van der Waals surface area contributed by atoms with Crippen molar-refractivity contribution in [3.63, 3.8) is 0 Å². The molecule has 2 nitrogen and oxygen atoms in total. The summed E-state index contributed by atoms with van der Waals surface area (Å²) in [5.41, 5.74) is 4.03. The first-order chi connectivity index (χ1) is 9.49. The number of benzene rings is 2. The number of ketones is 1. The van der Waals surface area contributed by atoms with Gasteiger partial charge in [-0.15, -0.1) is 0 Å². The highest BCUT2D eigenvalue weighted by Crippen LogP contribution is 2.25. The first kappa shape index (κ1) is 14.6. The average molecular weight is 289 g/mol. The molecule has 0 N–H and O–H groups in total. The number of carbonyl (C=O) groups is 1. The van der Waals surface area contributed by atoms with Crippen LogP contribution in [-0.4, -0.2) is 5.78 Å². The van der Waals surface area contributed by atoms with Gasteiger partial charge < -0.3 is 4.74 Å². The molecule has 0 aromatic heterocycles. The lowest BCUT2D eigenvalue weighted by Gasteiger charge is -2.13. The summed E-state index contributed by atoms with van der Waals surface area (Å²) in [7, 11) is 0. The van der Waals surface area contributed by atoms with Gasteiger partial charge in [0.25, 0.3) is 0 Å². The normalized spacial score (nSPS) is 10.4. The van der Waals surface area contributed by atoms with Gasteiger partial charge in [-0.1, -0.05) is 29.8 Å². The summed E-state index contributed by atoms with van der Waals surface area (Å²) < 4.78 is 5.82. The third kappa shape index (κ3) is 3.20. The number of hydrogen-bond acceptors (Lipinski definition) is 2. The molecule has 0 radical (unpaired) electrons. The molecule has 2 aromatic rings. The highest BCUT2D eigenvalue weighted by atomic mass is 35.5. The quantitative estimate of drug-likeness (QED) is 0.760. The van der Waals surface area contributed by atoms with Crippen molar-refractivity contribution >= 4 is 17.4 Å². The van der Waals surface area contributed by atoms with Crippen LogP contribution in [0, 0.1) is 13.8 Å². The lowest BCUT2D eigenvalue weighted by Crippen LogP contribution is -2.04. The van der Waals surface area contributed by atoms with Crippen LogP contribution in [0.15, 0.2) is 36.4 Å². The van der Waals surface area contributed by atoms with Gasteiger partial charge in [0, 0.05) is 5.02 Å². The maximum atomic E-state index is 11.6. The number of hydrogen-bond donors (Lipinski definition) is 0. The standard InChI is InChI=1S/C17H17ClO2/c1-11-5-4-6-12(2)16(11)10-20-17-8-7-14(18)9-15(17)13(3)19/h4-9H,10H2,1-3H3. The Kier molecular flexibility index (Phi) is 4.46. The molecule has 0 amide bonds. The van der Waals surface area contributed by atoms with E-state index >= 15 is 0 Å². The van der Waals surface area contributed by atoms with Gasteiger partial charge in [-0.3, -0.25) is 4.79 Å². The minimum absolute atomic E-state index is 0.0518. The third-order valence-electron chi connectivity index (χ3n) is 3.34. The van der Waals surface area contributed by atoms with Gasteiger partial charge in [0.1, 0.15) is 12.4 Å². The molecule has 0 spiro atoms. The monoisotopic (exact) mass is 288 g/mol. The summed E-state index contributed by atoms with van der Waals surface area (Å²) in [6, 6.07) is 11.3. The summed E-state index contributed by atoms with van der Waals surface area (Å²) in [6.07, 6.45) is 0. The molecule has 0 aliphatic carbocycles. The van der Waals surface area contributed by atoms with Crippen molar-refractivity contribution in [2.24, 2.45) is 0 Å². The Morgan fingerprint density at radius 1 is 1.15 bits per heavy atom. The second-order valence-electron chi connectivity index (χ2n) is 4.86. The zero-order chi connectivity index (χ0) is 14.7. The van der Waals surface area contributed by atoms with Crippen molar-refractivity contribution in [2.75, 3.05) is 0 Å². The largest absolute Gasteiger partial charge is 0.488 e. The lowest BCUT2D eigenvalue weighted by atomic mass is 10.0. The fourth-order valence-electron chi connectivity index (χ4n) is 2.13. The number of Topliss-reactive ketones (excluding diaryl/α,β-unsaturated/α-hetero) is 1. The van der Waals surface area contributed by atoms with E-state index in [-0.39, 0.29) is 5.78 Å². The van der Waals surface area contributed by atoms with Crippen molar-refractivity contribution in [1.82, 2.24) is 0 Å². The minimum Gasteiger partial charge on any atom is -0.488 e. The van der Waals surface area contributed by atoms with Crippen LogP contribution in [0.25, 0.3) is 0 Å². The summed E-state index contributed by atoms with van der Waals surface area (Å²) in [6.45, 7) is 6.07. The second kappa shape index (κ2) is 6.10. The Morgan fingerprint density at radius 3 is 2.40 bits per heavy atom. The van der Waals surface area contributed by atoms with Crippen LogP contribution in [0.2, 0.25) is 5.02 Å². The SMILES string of the molecule is CC(=O)c1cc(Cl)ccc1OCc1c(C)cccc1C. The molecule has 3 heteroatoms. The Morgan fingerprint density at radius 2 is 1.80 bits per heavy atom. The molecule has 0 atom stereocenters. The average Bonchev–Trinajstić information content (AvgIpc) is 2.39. The van der Waals surface area contributed by atoms with E-state index in [1.165, 1.54) is 18.1 Å². The van der Waals surface area contributed by atoms with Crippen LogP contribution in [0.4, 0.5) is 0 Å². The zero-order valence-electron chi connectivity index (χ0n) is 11.9. The Hall–Kier alpha value is -1.80. The van der Waals surface area contributed by atoms with E-state index in [9.17, 15) is 4.79 Å². The molecule has 0 saturated carbocycles. The molecule has 0 saturated heterocycles. The van der Waals surface area contributed by atoms with Crippen LogP contribution >= 0.6 is 11.6 Å². The van der Waals surface area contributed by atoms with Crippen LogP contribution < -0.4 is 4.74 Å². The van der Waals surface area contributed by atoms with Gasteiger partial charge in [0.15, 0.2) is 5.78 Å². The Labute approximate surface area is 124 Å². The molecule has 0 bridgehead atoms. The maximum absolute atomic E-state index is 11.6. The molecule has 0 fully saturated rings. The molecule has 104 valence electrons. The molecule has 0 heterocycles. The van der Waals surface area contributed by atoms with E-state index in [1.54, 1.807) is 18.2 Å². The van der Waals surface area contributed by atoms with Crippen LogP contribution in [0.1, 0.15) is 34.0 Å². The van der Waals surface area contributed by atoms with E-state index < -0.39 is 0 Å². The molecule has 0 aliphatic rings. The van der Waals surface area contributed by atoms with E-state index in [1.807, 2.05) is 6.07 Å². The van der Waals surface area contributed by atoms with E-state index in [4.69, 9.17) is 16.3 Å². The highest BCUT2D eigenvalue weighted by Gasteiger charge is 2.10. The predicted molar refractivity (Wildman–Crippen MR) is 81.7 cm³/mol. The molecular formula is C17H17ClO2. The molecule has 2 rings (SSSR count). The summed E-state index contributed by atoms with van der Waals surface area (Å²) in [5.74, 6) is 0.522. The Balaban J connectivity index is 2.25. The fourth-order valence-corrected chi connectivity index (χ4v) is 2.30. The van der Waals surface area contributed by atoms with Crippen molar-refractivity contribution in [2.45, 2.75) is 27.4 Å². The lowest BCUT2D eigenvalue weighted by molar-refractivity contribution is 0.101. The second-order valence-corrected chi connectivity index (χ2v) is 5.29. The van der Waals surface area contributed by atoms with E-state index in [0.29, 0.717) is 22.9 Å². The van der Waals surface area contributed by atoms with Crippen molar-refractivity contribution in [1.29, 1.82) is 0 Å². The zero-order valence-corrected chi connectivity index (χ0v) is 12.6. The molecule has 0 unspecified atom stereocenters. The molecule has 0 aliphatic heterocycles. The fraction of sp³-hybridized carbons (Fsp3) is 0.235. The number of rotatable bonds is 4. The van der Waals surface area contributed by atoms with Crippen molar-refractivity contribution < 1.29 is 9.53 Å². The molecule has 20 heavy (non-hydrogen) atoms. The number of halogens is 1. The number of aryl methyl sites for hydroxylation is 2. The summed E-state index contributed by atoms with van der Waals surface area (Å²) >= 11 is 5.92. The Bertz CT molecular complexity index is 627. The summed E-state index contributed by atoms with van der Waals surface area (Å²) in [5, 5.41) is 0.537. The first-order valence-electron chi connectivity index (χ1n) is 6.47. The predicted octanol–water partition coefficient (Wildman–Crippen LogP) is 4.74. The van der Waals surface area contributed by atoms with Gasteiger partial charge in [-0.25, -0.2) is 0 Å². The smallest absolute Gasteiger partial charge is 0.163 e. The number of carbonyl (C=O) groups excluding carboxylic acids is 1. The van der Waals surface area contributed by atoms with Crippen LogP contribution in [0.3, 0.4) is 0 Å². The van der Waals surface area contributed by atoms with Crippen molar-refractivity contribution in [3.8, 4) is 5.75 Å². The van der Waals surface area contributed by atoms with E-state index in [0.717, 1.165) is 5.56 Å². The van der Waals surface area contributed by atoms with Gasteiger partial charge in [0.05, 0.1) is 5.56 Å². The topological polar surface area (TPSA) is 26.3 Å². The van der Waals surface area contributed by atoms with Gasteiger partial charge in [0.2, 0.25) is 0 Å². The molecular weight excluding hydrogens is 272 g/mol. The maximum Gasteiger partial charge on any atom is 0.163 e. The minimum atomic E-state index is -0.0518. The third-order valence-corrected chi connectivity index (χ3v) is 3.57. The van der Waals surface area contributed by atoms with Gasteiger partial charge in [-0.05, 0) is 55.7 Å². The van der Waals surface area contributed by atoms with Crippen LogP contribution in [-0.2, 0) is 6.61 Å². The number of ether oxygens (including phenoxy) is 1. The van der Waals surface area contributed by atoms with Crippen LogP contribution in [0.5, 0.6) is 5.75 Å². The van der Waals surface area contributed by atoms with Gasteiger partial charge >= 0.3 is 0 Å². The molecule has 2 aromatic carbocycles.